The number of thiocarbonyl (C=S) groups is 1. The molecule has 4 rings (SSSR count). The largest absolute Gasteiger partial charge is 0.349 e. The summed E-state index contributed by atoms with van der Waals surface area (Å²) < 4.78 is 0. The molecule has 0 aromatic carbocycles. The molecule has 3 aliphatic carbocycles. The van der Waals surface area contributed by atoms with Crippen LogP contribution < -0.4 is 10.6 Å². The highest BCUT2D eigenvalue weighted by molar-refractivity contribution is 7.80. The van der Waals surface area contributed by atoms with Crippen molar-refractivity contribution in [3.8, 4) is 0 Å². The van der Waals surface area contributed by atoms with Gasteiger partial charge >= 0.3 is 0 Å². The maximum atomic E-state index is 12.5. The number of amides is 2. The summed E-state index contributed by atoms with van der Waals surface area (Å²) in [4.78, 5) is 28.5. The molecule has 0 saturated heterocycles. The summed E-state index contributed by atoms with van der Waals surface area (Å²) >= 11 is 4.94. The summed E-state index contributed by atoms with van der Waals surface area (Å²) in [5.74, 6) is 0.616. The van der Waals surface area contributed by atoms with Crippen molar-refractivity contribution in [2.45, 2.75) is 31.7 Å². The Balaban J connectivity index is 1.51. The van der Waals surface area contributed by atoms with Crippen LogP contribution in [-0.4, -0.2) is 28.7 Å². The lowest BCUT2D eigenvalue weighted by atomic mass is 9.92. The minimum atomic E-state index is -0.439. The second-order valence-electron chi connectivity index (χ2n) is 6.44. The molecule has 0 aromatic heterocycles. The van der Waals surface area contributed by atoms with Crippen LogP contribution in [0.3, 0.4) is 0 Å². The fraction of sp³-hybridized carbons (Fsp3) is 0.500. The monoisotopic (exact) mass is 315 g/mol. The Morgan fingerprint density at radius 3 is 2.64 bits per heavy atom. The Bertz CT molecular complexity index is 644. The van der Waals surface area contributed by atoms with Crippen LogP contribution in [0.25, 0.3) is 0 Å². The van der Waals surface area contributed by atoms with Crippen LogP contribution in [-0.2, 0) is 9.59 Å². The number of carbonyl (C=O) groups is 2. The molecule has 2 fully saturated rings. The van der Waals surface area contributed by atoms with E-state index in [0.717, 1.165) is 0 Å². The summed E-state index contributed by atoms with van der Waals surface area (Å²) in [5, 5.41) is 5.87. The number of rotatable bonds is 4. The maximum Gasteiger partial charge on any atom is 0.251 e. The molecule has 114 valence electrons. The number of aliphatic imine (C=N–C) groups is 1. The lowest BCUT2D eigenvalue weighted by molar-refractivity contribution is -0.121. The average molecular weight is 315 g/mol. The number of nitrogens with zero attached hydrogens (tertiary/aromatic N) is 1. The van der Waals surface area contributed by atoms with E-state index in [-0.39, 0.29) is 16.9 Å². The van der Waals surface area contributed by atoms with Gasteiger partial charge in [-0.3, -0.25) is 9.59 Å². The molecule has 22 heavy (non-hydrogen) atoms. The average Bonchev–Trinajstić information content (AvgIpc) is 3.37. The van der Waals surface area contributed by atoms with Gasteiger partial charge in [0.2, 0.25) is 5.91 Å². The molecule has 5 nitrogen and oxygen atoms in total. The van der Waals surface area contributed by atoms with E-state index in [0.29, 0.717) is 29.2 Å². The summed E-state index contributed by atoms with van der Waals surface area (Å²) in [5.41, 5.74) is 1.11. The van der Waals surface area contributed by atoms with Crippen molar-refractivity contribution in [3.05, 3.63) is 23.8 Å². The Hall–Kier alpha value is -1.82. The van der Waals surface area contributed by atoms with Crippen LogP contribution in [0.1, 0.15) is 25.7 Å². The number of carbonyl (C=O) groups excluding carboxylic acids is 2. The van der Waals surface area contributed by atoms with Crippen molar-refractivity contribution in [1.82, 2.24) is 10.6 Å². The SMILES string of the molecule is O=C(NC(C1CC1)C1CC1)C1=CC2=NC(=S)NC(=O)C2C=C1. The fourth-order valence-electron chi connectivity index (χ4n) is 3.15. The number of hydrogen-bond acceptors (Lipinski definition) is 3. The fourth-order valence-corrected chi connectivity index (χ4v) is 3.36. The number of hydrogen-bond donors (Lipinski definition) is 2. The van der Waals surface area contributed by atoms with Crippen molar-refractivity contribution in [2.75, 3.05) is 0 Å². The molecule has 1 aliphatic heterocycles. The van der Waals surface area contributed by atoms with Crippen LogP contribution in [0.5, 0.6) is 0 Å². The first kappa shape index (κ1) is 13.8. The molecule has 1 atom stereocenters. The van der Waals surface area contributed by atoms with Gasteiger partial charge in [0.05, 0.1) is 11.6 Å². The van der Waals surface area contributed by atoms with E-state index in [1.165, 1.54) is 25.7 Å². The first-order valence-electron chi connectivity index (χ1n) is 7.76. The maximum absolute atomic E-state index is 12.5. The first-order chi connectivity index (χ1) is 10.6. The molecule has 6 heteroatoms. The summed E-state index contributed by atoms with van der Waals surface area (Å²) in [6.07, 6.45) is 10.00. The van der Waals surface area contributed by atoms with Gasteiger partial charge in [0.25, 0.3) is 5.91 Å². The van der Waals surface area contributed by atoms with Crippen molar-refractivity contribution in [1.29, 1.82) is 0 Å². The molecule has 2 N–H and O–H groups in total. The van der Waals surface area contributed by atoms with E-state index >= 15 is 0 Å². The van der Waals surface area contributed by atoms with Crippen LogP contribution in [0, 0.1) is 17.8 Å². The van der Waals surface area contributed by atoms with E-state index < -0.39 is 5.92 Å². The van der Waals surface area contributed by atoms with Crippen LogP contribution in [0.4, 0.5) is 0 Å². The first-order valence-corrected chi connectivity index (χ1v) is 8.17. The molecule has 0 aromatic rings. The lowest BCUT2D eigenvalue weighted by Crippen LogP contribution is -2.43. The standard InChI is InChI=1S/C16H17N3O2S/c20-14(18-13(8-1-2-8)9-3-4-9)10-5-6-11-12(7-10)17-16(22)19-15(11)21/h5-9,11,13H,1-4H2,(H,18,20)(H,19,21,22). The highest BCUT2D eigenvalue weighted by Crippen LogP contribution is 2.44. The zero-order chi connectivity index (χ0) is 15.3. The second kappa shape index (κ2) is 5.12. The van der Waals surface area contributed by atoms with Crippen molar-refractivity contribution < 1.29 is 9.59 Å². The highest BCUT2D eigenvalue weighted by Gasteiger charge is 2.42. The van der Waals surface area contributed by atoms with Gasteiger partial charge in [0.1, 0.15) is 0 Å². The predicted octanol–water partition coefficient (Wildman–Crippen LogP) is 1.26. The highest BCUT2D eigenvalue weighted by atomic mass is 32.1. The van der Waals surface area contributed by atoms with Crippen LogP contribution in [0.15, 0.2) is 28.8 Å². The van der Waals surface area contributed by atoms with E-state index in [9.17, 15) is 9.59 Å². The van der Waals surface area contributed by atoms with Crippen molar-refractivity contribution >= 4 is 34.9 Å². The molecule has 4 aliphatic rings. The molecule has 1 unspecified atom stereocenters. The predicted molar refractivity (Wildman–Crippen MR) is 86.3 cm³/mol. The van der Waals surface area contributed by atoms with Crippen molar-refractivity contribution in [3.63, 3.8) is 0 Å². The normalized spacial score (nSPS) is 27.0. The van der Waals surface area contributed by atoms with E-state index in [1.807, 2.05) is 0 Å². The van der Waals surface area contributed by atoms with E-state index in [1.54, 1.807) is 18.2 Å². The Labute approximate surface area is 133 Å². The summed E-state index contributed by atoms with van der Waals surface area (Å²) in [6.45, 7) is 0. The summed E-state index contributed by atoms with van der Waals surface area (Å²) in [7, 11) is 0. The molecule has 2 amide bonds. The van der Waals surface area contributed by atoms with Gasteiger partial charge in [-0.1, -0.05) is 12.2 Å². The minimum absolute atomic E-state index is 0.0712. The van der Waals surface area contributed by atoms with Gasteiger partial charge in [-0.2, -0.15) is 0 Å². The van der Waals surface area contributed by atoms with E-state index in [2.05, 4.69) is 15.6 Å². The molecule has 0 spiro atoms. The quantitative estimate of drug-likeness (QED) is 0.767. The number of fused-ring (bicyclic) bond motifs is 1. The van der Waals surface area contributed by atoms with Crippen LogP contribution >= 0.6 is 12.2 Å². The summed E-state index contributed by atoms with van der Waals surface area (Å²) in [6, 6.07) is 0.317. The molecule has 2 saturated carbocycles. The van der Waals surface area contributed by atoms with Crippen molar-refractivity contribution in [2.24, 2.45) is 22.7 Å². The second-order valence-corrected chi connectivity index (χ2v) is 6.83. The zero-order valence-corrected chi connectivity index (χ0v) is 12.9. The smallest absolute Gasteiger partial charge is 0.251 e. The Kier molecular flexibility index (Phi) is 3.22. The molecular formula is C16H17N3O2S. The number of allylic oxidation sites excluding steroid dienone is 1. The van der Waals surface area contributed by atoms with Gasteiger partial charge in [-0.05, 0) is 55.8 Å². The Morgan fingerprint density at radius 1 is 1.32 bits per heavy atom. The van der Waals surface area contributed by atoms with Gasteiger partial charge in [-0.15, -0.1) is 0 Å². The third-order valence-electron chi connectivity index (χ3n) is 4.65. The topological polar surface area (TPSA) is 70.6 Å². The third-order valence-corrected chi connectivity index (χ3v) is 4.85. The Morgan fingerprint density at radius 2 is 2.00 bits per heavy atom. The zero-order valence-electron chi connectivity index (χ0n) is 12.0. The number of nitrogens with one attached hydrogen (secondary N) is 2. The van der Waals surface area contributed by atoms with Gasteiger partial charge in [-0.25, -0.2) is 4.99 Å². The molecular weight excluding hydrogens is 298 g/mol. The third kappa shape index (κ3) is 2.63. The molecule has 0 radical (unpaired) electrons. The van der Waals surface area contributed by atoms with E-state index in [4.69, 9.17) is 12.2 Å². The van der Waals surface area contributed by atoms with Gasteiger partial charge in [0, 0.05) is 11.6 Å². The van der Waals surface area contributed by atoms with Gasteiger partial charge in [0.15, 0.2) is 5.11 Å². The lowest BCUT2D eigenvalue weighted by Gasteiger charge is -2.23. The van der Waals surface area contributed by atoms with Gasteiger partial charge < -0.3 is 10.6 Å². The molecule has 1 heterocycles. The van der Waals surface area contributed by atoms with Crippen LogP contribution in [0.2, 0.25) is 0 Å². The molecule has 0 bridgehead atoms. The minimum Gasteiger partial charge on any atom is -0.349 e.